The lowest BCUT2D eigenvalue weighted by molar-refractivity contribution is 0.232. The van der Waals surface area contributed by atoms with Crippen LogP contribution in [0.3, 0.4) is 0 Å². The molecular formula is C19H31NO. The molecular weight excluding hydrogens is 258 g/mol. The zero-order chi connectivity index (χ0) is 15.4. The summed E-state index contributed by atoms with van der Waals surface area (Å²) in [7, 11) is 1.76. The van der Waals surface area contributed by atoms with E-state index in [0.29, 0.717) is 5.92 Å². The van der Waals surface area contributed by atoms with Crippen LogP contribution in [-0.2, 0) is 0 Å². The van der Waals surface area contributed by atoms with E-state index in [1.54, 1.807) is 7.11 Å². The summed E-state index contributed by atoms with van der Waals surface area (Å²) in [5, 5.41) is 0. The monoisotopic (exact) mass is 289 g/mol. The Kier molecular flexibility index (Phi) is 5.69. The van der Waals surface area contributed by atoms with Crippen molar-refractivity contribution in [3.05, 3.63) is 28.8 Å². The Morgan fingerprint density at radius 1 is 1.19 bits per heavy atom. The molecule has 1 aliphatic carbocycles. The minimum Gasteiger partial charge on any atom is -0.496 e. The molecule has 0 amide bonds. The highest BCUT2D eigenvalue weighted by atomic mass is 16.5. The molecule has 0 radical (unpaired) electrons. The molecule has 1 aliphatic rings. The molecule has 0 heterocycles. The molecule has 1 aromatic carbocycles. The highest BCUT2D eigenvalue weighted by molar-refractivity contribution is 5.46. The summed E-state index contributed by atoms with van der Waals surface area (Å²) >= 11 is 0. The fourth-order valence-electron chi connectivity index (χ4n) is 3.84. The molecule has 2 heteroatoms. The SMILES string of the molecule is CCCC1CCC(C(N)c2ccc(C)c(C)c2OC)CC1. The van der Waals surface area contributed by atoms with E-state index in [9.17, 15) is 0 Å². The summed E-state index contributed by atoms with van der Waals surface area (Å²) in [6.45, 7) is 6.55. The summed E-state index contributed by atoms with van der Waals surface area (Å²) < 4.78 is 5.65. The van der Waals surface area contributed by atoms with Crippen molar-refractivity contribution in [3.8, 4) is 5.75 Å². The van der Waals surface area contributed by atoms with Gasteiger partial charge in [-0.1, -0.05) is 44.7 Å². The molecule has 2 N–H and O–H groups in total. The Labute approximate surface area is 130 Å². The minimum atomic E-state index is 0.113. The van der Waals surface area contributed by atoms with Gasteiger partial charge in [-0.05, 0) is 49.7 Å². The molecule has 1 aromatic rings. The van der Waals surface area contributed by atoms with Crippen LogP contribution in [0.25, 0.3) is 0 Å². The molecule has 21 heavy (non-hydrogen) atoms. The highest BCUT2D eigenvalue weighted by Gasteiger charge is 2.28. The number of nitrogens with two attached hydrogens (primary N) is 1. The first kappa shape index (κ1) is 16.4. The lowest BCUT2D eigenvalue weighted by atomic mass is 9.75. The Bertz CT molecular complexity index is 461. The van der Waals surface area contributed by atoms with Crippen LogP contribution >= 0.6 is 0 Å². The maximum Gasteiger partial charge on any atom is 0.126 e. The molecule has 2 rings (SSSR count). The summed E-state index contributed by atoms with van der Waals surface area (Å²) in [4.78, 5) is 0. The second kappa shape index (κ2) is 7.31. The molecule has 0 bridgehead atoms. The number of aryl methyl sites for hydroxylation is 1. The first-order chi connectivity index (χ1) is 10.1. The van der Waals surface area contributed by atoms with Crippen molar-refractivity contribution in [3.63, 3.8) is 0 Å². The fourth-order valence-corrected chi connectivity index (χ4v) is 3.84. The summed E-state index contributed by atoms with van der Waals surface area (Å²) in [6, 6.07) is 4.46. The van der Waals surface area contributed by atoms with Crippen LogP contribution in [0.1, 0.15) is 68.2 Å². The maximum absolute atomic E-state index is 6.60. The van der Waals surface area contributed by atoms with E-state index in [1.807, 2.05) is 0 Å². The number of benzene rings is 1. The van der Waals surface area contributed by atoms with Crippen LogP contribution in [-0.4, -0.2) is 7.11 Å². The van der Waals surface area contributed by atoms with Gasteiger partial charge in [-0.25, -0.2) is 0 Å². The predicted molar refractivity (Wildman–Crippen MR) is 89.8 cm³/mol. The lowest BCUT2D eigenvalue weighted by Crippen LogP contribution is -2.26. The molecule has 0 spiro atoms. The van der Waals surface area contributed by atoms with Gasteiger partial charge in [-0.3, -0.25) is 0 Å². The van der Waals surface area contributed by atoms with Crippen LogP contribution in [0.2, 0.25) is 0 Å². The molecule has 0 aromatic heterocycles. The van der Waals surface area contributed by atoms with Gasteiger partial charge in [0, 0.05) is 11.6 Å². The van der Waals surface area contributed by atoms with Crippen molar-refractivity contribution < 1.29 is 4.74 Å². The van der Waals surface area contributed by atoms with Crippen LogP contribution in [0.15, 0.2) is 12.1 Å². The van der Waals surface area contributed by atoms with Gasteiger partial charge in [0.05, 0.1) is 7.11 Å². The smallest absolute Gasteiger partial charge is 0.126 e. The van der Waals surface area contributed by atoms with E-state index in [1.165, 1.54) is 55.2 Å². The molecule has 1 atom stereocenters. The summed E-state index contributed by atoms with van der Waals surface area (Å²) in [6.07, 6.45) is 7.92. The second-order valence-corrected chi connectivity index (χ2v) is 6.73. The normalized spacial score (nSPS) is 23.9. The molecule has 118 valence electrons. The van der Waals surface area contributed by atoms with Crippen molar-refractivity contribution >= 4 is 0 Å². The molecule has 1 saturated carbocycles. The van der Waals surface area contributed by atoms with Crippen LogP contribution in [0.5, 0.6) is 5.75 Å². The van der Waals surface area contributed by atoms with Gasteiger partial charge in [0.15, 0.2) is 0 Å². The fraction of sp³-hybridized carbons (Fsp3) is 0.684. The quantitative estimate of drug-likeness (QED) is 0.835. The number of hydrogen-bond donors (Lipinski definition) is 1. The Hall–Kier alpha value is -1.02. The van der Waals surface area contributed by atoms with Crippen molar-refractivity contribution in [2.75, 3.05) is 7.11 Å². The first-order valence-corrected chi connectivity index (χ1v) is 8.48. The van der Waals surface area contributed by atoms with E-state index >= 15 is 0 Å². The van der Waals surface area contributed by atoms with Crippen molar-refractivity contribution in [1.82, 2.24) is 0 Å². The largest absolute Gasteiger partial charge is 0.496 e. The first-order valence-electron chi connectivity index (χ1n) is 8.48. The van der Waals surface area contributed by atoms with E-state index in [4.69, 9.17) is 10.5 Å². The second-order valence-electron chi connectivity index (χ2n) is 6.73. The van der Waals surface area contributed by atoms with Gasteiger partial charge < -0.3 is 10.5 Å². The number of ether oxygens (including phenoxy) is 1. The summed E-state index contributed by atoms with van der Waals surface area (Å²) in [5.41, 5.74) is 10.3. The van der Waals surface area contributed by atoms with Crippen molar-refractivity contribution in [2.24, 2.45) is 17.6 Å². The molecule has 1 fully saturated rings. The third-order valence-corrected chi connectivity index (χ3v) is 5.37. The standard InChI is InChI=1S/C19H31NO/c1-5-6-15-8-10-16(11-9-15)18(20)17-12-7-13(2)14(3)19(17)21-4/h7,12,15-16,18H,5-6,8-11,20H2,1-4H3. The third kappa shape index (κ3) is 3.60. The van der Waals surface area contributed by atoms with Gasteiger partial charge in [-0.15, -0.1) is 0 Å². The van der Waals surface area contributed by atoms with Crippen LogP contribution in [0.4, 0.5) is 0 Å². The van der Waals surface area contributed by atoms with Crippen LogP contribution in [0, 0.1) is 25.7 Å². The van der Waals surface area contributed by atoms with Gasteiger partial charge >= 0.3 is 0 Å². The average Bonchev–Trinajstić information content (AvgIpc) is 2.50. The summed E-state index contributed by atoms with van der Waals surface area (Å²) in [5.74, 6) is 2.53. The topological polar surface area (TPSA) is 35.2 Å². The zero-order valence-corrected chi connectivity index (χ0v) is 14.1. The molecule has 2 nitrogen and oxygen atoms in total. The molecule has 0 saturated heterocycles. The van der Waals surface area contributed by atoms with Gasteiger partial charge in [0.25, 0.3) is 0 Å². The van der Waals surface area contributed by atoms with E-state index < -0.39 is 0 Å². The average molecular weight is 289 g/mol. The van der Waals surface area contributed by atoms with Crippen molar-refractivity contribution in [2.45, 2.75) is 65.3 Å². The Balaban J connectivity index is 2.11. The number of methoxy groups -OCH3 is 1. The van der Waals surface area contributed by atoms with E-state index in [-0.39, 0.29) is 6.04 Å². The highest BCUT2D eigenvalue weighted by Crippen LogP contribution is 2.40. The van der Waals surface area contributed by atoms with Crippen LogP contribution < -0.4 is 10.5 Å². The lowest BCUT2D eigenvalue weighted by Gasteiger charge is -2.33. The van der Waals surface area contributed by atoms with E-state index in [2.05, 4.69) is 32.9 Å². The van der Waals surface area contributed by atoms with Gasteiger partial charge in [-0.2, -0.15) is 0 Å². The Morgan fingerprint density at radius 3 is 2.43 bits per heavy atom. The number of rotatable bonds is 5. The van der Waals surface area contributed by atoms with Gasteiger partial charge in [0.1, 0.15) is 5.75 Å². The Morgan fingerprint density at radius 2 is 1.86 bits per heavy atom. The maximum atomic E-state index is 6.60. The number of hydrogen-bond acceptors (Lipinski definition) is 2. The third-order valence-electron chi connectivity index (χ3n) is 5.37. The van der Waals surface area contributed by atoms with E-state index in [0.717, 1.165) is 11.7 Å². The minimum absolute atomic E-state index is 0.113. The van der Waals surface area contributed by atoms with Crippen molar-refractivity contribution in [1.29, 1.82) is 0 Å². The zero-order valence-electron chi connectivity index (χ0n) is 14.1. The molecule has 1 unspecified atom stereocenters. The molecule has 0 aliphatic heterocycles. The predicted octanol–water partition coefficient (Wildman–Crippen LogP) is 4.92. The van der Waals surface area contributed by atoms with Gasteiger partial charge in [0.2, 0.25) is 0 Å².